The third-order valence-electron chi connectivity index (χ3n) is 5.93. The molecule has 0 aromatic heterocycles. The summed E-state index contributed by atoms with van der Waals surface area (Å²) >= 11 is 0. The van der Waals surface area contributed by atoms with Crippen molar-refractivity contribution < 1.29 is 5.32 Å². The maximum Gasteiger partial charge on any atom is 0.0930 e. The number of fused-ring (bicyclic) bond motifs is 2. The Morgan fingerprint density at radius 1 is 1.00 bits per heavy atom. The molecule has 0 aromatic rings. The molecule has 0 amide bonds. The molecular formula is C15H29N2+. The van der Waals surface area contributed by atoms with Gasteiger partial charge in [-0.2, -0.15) is 0 Å². The normalized spacial score (nSPS) is 54.9. The Labute approximate surface area is 106 Å². The summed E-state index contributed by atoms with van der Waals surface area (Å²) in [6, 6.07) is 2.19. The summed E-state index contributed by atoms with van der Waals surface area (Å²) < 4.78 is 0. The molecule has 98 valence electrons. The average molecular weight is 237 g/mol. The first-order valence-corrected chi connectivity index (χ1v) is 7.77. The van der Waals surface area contributed by atoms with E-state index in [2.05, 4.69) is 19.2 Å². The summed E-state index contributed by atoms with van der Waals surface area (Å²) in [5.41, 5.74) is 6.65. The van der Waals surface area contributed by atoms with E-state index >= 15 is 0 Å². The minimum atomic E-state index is 0.500. The monoisotopic (exact) mass is 237 g/mol. The largest absolute Gasteiger partial charge is 0.341 e. The molecule has 0 spiro atoms. The van der Waals surface area contributed by atoms with Crippen molar-refractivity contribution in [1.82, 2.24) is 0 Å². The Bertz CT molecular complexity index is 278. The molecule has 4 N–H and O–H groups in total. The van der Waals surface area contributed by atoms with Crippen molar-refractivity contribution in [2.75, 3.05) is 0 Å². The third-order valence-corrected chi connectivity index (χ3v) is 5.93. The number of piperidine rings is 1. The van der Waals surface area contributed by atoms with E-state index in [1.807, 2.05) is 0 Å². The van der Waals surface area contributed by atoms with Crippen molar-refractivity contribution in [2.24, 2.45) is 29.4 Å². The molecule has 1 aliphatic heterocycles. The molecule has 17 heavy (non-hydrogen) atoms. The van der Waals surface area contributed by atoms with Crippen LogP contribution < -0.4 is 11.1 Å². The Hall–Kier alpha value is -0.0800. The molecule has 0 aromatic carbocycles. The van der Waals surface area contributed by atoms with Gasteiger partial charge in [0.2, 0.25) is 0 Å². The van der Waals surface area contributed by atoms with Crippen molar-refractivity contribution in [2.45, 2.75) is 70.5 Å². The van der Waals surface area contributed by atoms with E-state index in [9.17, 15) is 0 Å². The summed E-state index contributed by atoms with van der Waals surface area (Å²) in [4.78, 5) is 0. The van der Waals surface area contributed by atoms with E-state index < -0.39 is 0 Å². The molecule has 7 atom stereocenters. The van der Waals surface area contributed by atoms with Crippen LogP contribution in [0.4, 0.5) is 0 Å². The van der Waals surface area contributed by atoms with Crippen molar-refractivity contribution in [1.29, 1.82) is 0 Å². The number of rotatable bonds is 0. The highest BCUT2D eigenvalue weighted by Gasteiger charge is 2.50. The molecule has 3 aliphatic rings. The van der Waals surface area contributed by atoms with E-state index in [1.165, 1.54) is 38.5 Å². The molecule has 0 bridgehead atoms. The van der Waals surface area contributed by atoms with Crippen LogP contribution in [0.3, 0.4) is 0 Å². The molecule has 0 radical (unpaired) electrons. The van der Waals surface area contributed by atoms with Crippen molar-refractivity contribution in [3.63, 3.8) is 0 Å². The predicted molar refractivity (Wildman–Crippen MR) is 70.5 cm³/mol. The highest BCUT2D eigenvalue weighted by Crippen LogP contribution is 2.40. The van der Waals surface area contributed by atoms with Crippen LogP contribution in [0.2, 0.25) is 0 Å². The number of nitrogens with two attached hydrogens (primary N) is 2. The van der Waals surface area contributed by atoms with Crippen LogP contribution in [0.5, 0.6) is 0 Å². The fourth-order valence-corrected chi connectivity index (χ4v) is 5.19. The highest BCUT2D eigenvalue weighted by molar-refractivity contribution is 4.97. The van der Waals surface area contributed by atoms with Gasteiger partial charge >= 0.3 is 0 Å². The minimum absolute atomic E-state index is 0.500. The van der Waals surface area contributed by atoms with Crippen molar-refractivity contribution >= 4 is 0 Å². The van der Waals surface area contributed by atoms with Crippen LogP contribution in [-0.2, 0) is 0 Å². The van der Waals surface area contributed by atoms with Crippen molar-refractivity contribution in [3.05, 3.63) is 0 Å². The molecule has 2 saturated carbocycles. The van der Waals surface area contributed by atoms with Gasteiger partial charge < -0.3 is 11.1 Å². The molecular weight excluding hydrogens is 208 g/mol. The third kappa shape index (κ3) is 2.04. The Morgan fingerprint density at radius 2 is 1.76 bits per heavy atom. The molecule has 2 heteroatoms. The number of hydrogen-bond acceptors (Lipinski definition) is 1. The lowest BCUT2D eigenvalue weighted by Gasteiger charge is -2.51. The summed E-state index contributed by atoms with van der Waals surface area (Å²) in [7, 11) is 0. The lowest BCUT2D eigenvalue weighted by molar-refractivity contribution is -0.754. The average Bonchev–Trinajstić information content (AvgIpc) is 2.31. The van der Waals surface area contributed by atoms with Crippen molar-refractivity contribution in [3.8, 4) is 0 Å². The summed E-state index contributed by atoms with van der Waals surface area (Å²) in [6.45, 7) is 4.88. The van der Waals surface area contributed by atoms with Gasteiger partial charge in [0.1, 0.15) is 0 Å². The van der Waals surface area contributed by atoms with Crippen LogP contribution in [-0.4, -0.2) is 18.1 Å². The van der Waals surface area contributed by atoms with E-state index in [0.717, 1.165) is 35.8 Å². The highest BCUT2D eigenvalue weighted by atomic mass is 15.0. The zero-order chi connectivity index (χ0) is 12.0. The first-order valence-electron chi connectivity index (χ1n) is 7.77. The van der Waals surface area contributed by atoms with E-state index in [4.69, 9.17) is 5.73 Å². The molecule has 1 heterocycles. The van der Waals surface area contributed by atoms with Gasteiger partial charge in [-0.25, -0.2) is 0 Å². The van der Waals surface area contributed by atoms with Crippen LogP contribution in [0, 0.1) is 23.7 Å². The zero-order valence-electron chi connectivity index (χ0n) is 11.4. The molecule has 3 rings (SSSR count). The van der Waals surface area contributed by atoms with Gasteiger partial charge in [-0.05, 0) is 38.0 Å². The first-order chi connectivity index (χ1) is 8.16. The Balaban J connectivity index is 1.79. The second kappa shape index (κ2) is 4.55. The molecule has 7 unspecified atom stereocenters. The maximum absolute atomic E-state index is 6.65. The van der Waals surface area contributed by atoms with Gasteiger partial charge in [-0.15, -0.1) is 0 Å². The van der Waals surface area contributed by atoms with Gasteiger partial charge in [0.05, 0.1) is 12.1 Å². The summed E-state index contributed by atoms with van der Waals surface area (Å²) in [6.07, 6.45) is 8.48. The van der Waals surface area contributed by atoms with E-state index in [1.54, 1.807) is 0 Å². The fourth-order valence-electron chi connectivity index (χ4n) is 5.19. The molecule has 2 aliphatic carbocycles. The molecule has 2 nitrogen and oxygen atoms in total. The minimum Gasteiger partial charge on any atom is -0.341 e. The Morgan fingerprint density at radius 3 is 2.59 bits per heavy atom. The molecule has 3 fully saturated rings. The summed E-state index contributed by atoms with van der Waals surface area (Å²) in [5.74, 6) is 3.39. The summed E-state index contributed by atoms with van der Waals surface area (Å²) in [5, 5.41) is 2.74. The quantitative estimate of drug-likeness (QED) is 0.659. The van der Waals surface area contributed by atoms with Gasteiger partial charge in [0, 0.05) is 23.8 Å². The second-order valence-electron chi connectivity index (χ2n) is 7.18. The number of quaternary nitrogens is 1. The predicted octanol–water partition coefficient (Wildman–Crippen LogP) is 1.50. The second-order valence-corrected chi connectivity index (χ2v) is 7.18. The standard InChI is InChI=1S/C15H28N2/c1-9-7-10(2)15-12(8-9)14(16)11-5-3-4-6-13(11)17-15/h9-15,17H,3-8,16H2,1-2H3/p+1. The fraction of sp³-hybridized carbons (Fsp3) is 1.00. The van der Waals surface area contributed by atoms with E-state index in [0.29, 0.717) is 6.04 Å². The van der Waals surface area contributed by atoms with Crippen LogP contribution in [0.1, 0.15) is 52.4 Å². The van der Waals surface area contributed by atoms with Gasteiger partial charge in [0.25, 0.3) is 0 Å². The lowest BCUT2D eigenvalue weighted by Crippen LogP contribution is -3.03. The van der Waals surface area contributed by atoms with Crippen LogP contribution in [0.25, 0.3) is 0 Å². The number of hydrogen-bond donors (Lipinski definition) is 2. The van der Waals surface area contributed by atoms with Crippen LogP contribution >= 0.6 is 0 Å². The van der Waals surface area contributed by atoms with Gasteiger partial charge in [-0.1, -0.05) is 20.3 Å². The lowest BCUT2D eigenvalue weighted by atomic mass is 9.62. The topological polar surface area (TPSA) is 42.6 Å². The maximum atomic E-state index is 6.65. The Kier molecular flexibility index (Phi) is 3.20. The van der Waals surface area contributed by atoms with Crippen LogP contribution in [0.15, 0.2) is 0 Å². The van der Waals surface area contributed by atoms with Gasteiger partial charge in [-0.3, -0.25) is 0 Å². The SMILES string of the molecule is CC1CC(C)C2[NH2+]C3CCCCC3C(N)C2C1. The molecule has 1 saturated heterocycles. The first kappa shape index (κ1) is 12.0. The zero-order valence-corrected chi connectivity index (χ0v) is 11.4. The van der Waals surface area contributed by atoms with E-state index in [-0.39, 0.29) is 0 Å². The smallest absolute Gasteiger partial charge is 0.0930 e. The van der Waals surface area contributed by atoms with Gasteiger partial charge in [0.15, 0.2) is 0 Å².